The van der Waals surface area contributed by atoms with Gasteiger partial charge >= 0.3 is 6.36 Å². The lowest BCUT2D eigenvalue weighted by atomic mass is 9.84. The second kappa shape index (κ2) is 9.64. The van der Waals surface area contributed by atoms with Gasteiger partial charge in [0.2, 0.25) is 0 Å². The van der Waals surface area contributed by atoms with E-state index in [2.05, 4.69) is 15.4 Å². The molecular weight excluding hydrogens is 461 g/mol. The maximum Gasteiger partial charge on any atom is 0.573 e. The minimum atomic E-state index is -4.90. The molecule has 1 heterocycles. The van der Waals surface area contributed by atoms with E-state index < -0.39 is 40.8 Å². The Labute approximate surface area is 201 Å². The molecular formula is C26H27F3N2O4. The Hall–Kier alpha value is -3.49. The van der Waals surface area contributed by atoms with Crippen molar-refractivity contribution in [1.29, 1.82) is 0 Å². The number of ether oxygens (including phenoxy) is 1. The minimum Gasteiger partial charge on any atom is -0.509 e. The SMILES string of the molecule is CC1(Cc2ccccc2OC(F)(F)F)NC(=O)C(C(=O)Nc2ccc(C3CCCCC3)cc2)=C1O. The maximum absolute atomic E-state index is 12.9. The van der Waals surface area contributed by atoms with E-state index in [1.807, 2.05) is 12.1 Å². The number of para-hydroxylation sites is 1. The zero-order chi connectivity index (χ0) is 25.2. The Balaban J connectivity index is 1.50. The molecule has 0 aromatic heterocycles. The van der Waals surface area contributed by atoms with Crippen molar-refractivity contribution in [1.82, 2.24) is 5.32 Å². The first-order valence-electron chi connectivity index (χ1n) is 11.6. The molecule has 1 saturated carbocycles. The van der Waals surface area contributed by atoms with Crippen molar-refractivity contribution in [3.05, 3.63) is 71.0 Å². The van der Waals surface area contributed by atoms with Gasteiger partial charge in [-0.15, -0.1) is 13.2 Å². The van der Waals surface area contributed by atoms with Crippen LogP contribution in [0.4, 0.5) is 18.9 Å². The summed E-state index contributed by atoms with van der Waals surface area (Å²) < 4.78 is 42.4. The first-order chi connectivity index (χ1) is 16.6. The number of carbonyl (C=O) groups excluding carboxylic acids is 2. The molecule has 1 unspecified atom stereocenters. The van der Waals surface area contributed by atoms with Crippen molar-refractivity contribution in [2.45, 2.75) is 63.3 Å². The van der Waals surface area contributed by atoms with Crippen molar-refractivity contribution in [2.24, 2.45) is 0 Å². The Bertz CT molecular complexity index is 1140. The summed E-state index contributed by atoms with van der Waals surface area (Å²) in [6.45, 7) is 1.43. The maximum atomic E-state index is 12.9. The first-order valence-corrected chi connectivity index (χ1v) is 11.6. The summed E-state index contributed by atoms with van der Waals surface area (Å²) in [6, 6.07) is 12.9. The van der Waals surface area contributed by atoms with Crippen molar-refractivity contribution >= 4 is 17.5 Å². The summed E-state index contributed by atoms with van der Waals surface area (Å²) in [4.78, 5) is 25.4. The molecule has 6 nitrogen and oxygen atoms in total. The molecule has 9 heteroatoms. The van der Waals surface area contributed by atoms with Gasteiger partial charge in [0.1, 0.15) is 17.1 Å². The van der Waals surface area contributed by atoms with E-state index in [9.17, 15) is 27.9 Å². The van der Waals surface area contributed by atoms with Gasteiger partial charge in [-0.05, 0) is 55.0 Å². The number of benzene rings is 2. The highest BCUT2D eigenvalue weighted by Crippen LogP contribution is 2.35. The third-order valence-corrected chi connectivity index (χ3v) is 6.59. The van der Waals surface area contributed by atoms with Crippen LogP contribution in [0, 0.1) is 0 Å². The summed E-state index contributed by atoms with van der Waals surface area (Å²) in [5, 5.41) is 16.0. The second-order valence-corrected chi connectivity index (χ2v) is 9.25. The summed E-state index contributed by atoms with van der Waals surface area (Å²) in [5.74, 6) is -2.09. The zero-order valence-electron chi connectivity index (χ0n) is 19.2. The van der Waals surface area contributed by atoms with Gasteiger partial charge in [-0.25, -0.2) is 0 Å². The van der Waals surface area contributed by atoms with Gasteiger partial charge < -0.3 is 20.5 Å². The van der Waals surface area contributed by atoms with Gasteiger partial charge in [0.05, 0.1) is 5.54 Å². The lowest BCUT2D eigenvalue weighted by Crippen LogP contribution is -2.44. The van der Waals surface area contributed by atoms with Crippen molar-refractivity contribution in [3.63, 3.8) is 0 Å². The topological polar surface area (TPSA) is 87.7 Å². The molecule has 1 aliphatic heterocycles. The monoisotopic (exact) mass is 488 g/mol. The van der Waals surface area contributed by atoms with Gasteiger partial charge in [0, 0.05) is 12.1 Å². The Morgan fingerprint density at radius 3 is 2.43 bits per heavy atom. The van der Waals surface area contributed by atoms with E-state index in [1.54, 1.807) is 12.1 Å². The van der Waals surface area contributed by atoms with Crippen LogP contribution in [-0.2, 0) is 16.0 Å². The van der Waals surface area contributed by atoms with Crippen LogP contribution in [0.3, 0.4) is 0 Å². The highest BCUT2D eigenvalue weighted by Gasteiger charge is 2.45. The first kappa shape index (κ1) is 24.6. The molecule has 4 rings (SSSR count). The number of hydrogen-bond acceptors (Lipinski definition) is 4. The quantitative estimate of drug-likeness (QED) is 0.468. The standard InChI is InChI=1S/C26H27F3N2O4/c1-25(15-18-9-5-6-10-20(18)35-26(27,28)29)22(32)21(24(34)31-25)23(33)30-19-13-11-17(12-14-19)16-7-3-2-4-8-16/h5-6,9-14,16,32H,2-4,7-8,15H2,1H3,(H,30,33)(H,31,34). The van der Waals surface area contributed by atoms with Crippen LogP contribution in [0.15, 0.2) is 59.9 Å². The van der Waals surface area contributed by atoms with E-state index in [0.717, 1.165) is 18.9 Å². The number of carbonyl (C=O) groups is 2. The van der Waals surface area contributed by atoms with Gasteiger partial charge in [-0.3, -0.25) is 9.59 Å². The van der Waals surface area contributed by atoms with Crippen molar-refractivity contribution in [3.8, 4) is 5.75 Å². The largest absolute Gasteiger partial charge is 0.573 e. The molecule has 2 aliphatic rings. The number of alkyl halides is 3. The molecule has 1 atom stereocenters. The number of aliphatic hydroxyl groups excluding tert-OH is 1. The fourth-order valence-corrected chi connectivity index (χ4v) is 4.82. The number of hydrogen-bond donors (Lipinski definition) is 3. The zero-order valence-corrected chi connectivity index (χ0v) is 19.2. The van der Waals surface area contributed by atoms with Crippen LogP contribution in [0.5, 0.6) is 5.75 Å². The second-order valence-electron chi connectivity index (χ2n) is 9.25. The summed E-state index contributed by atoms with van der Waals surface area (Å²) in [5.41, 5.74) is -0.173. The average Bonchev–Trinajstić information content (AvgIpc) is 3.03. The average molecular weight is 489 g/mol. The number of amides is 2. The van der Waals surface area contributed by atoms with Gasteiger partial charge in [-0.2, -0.15) is 0 Å². The Kier molecular flexibility index (Phi) is 6.78. The normalized spacial score (nSPS) is 21.1. The molecule has 0 bridgehead atoms. The number of aliphatic hydroxyl groups is 1. The van der Waals surface area contributed by atoms with Gasteiger partial charge in [0.25, 0.3) is 11.8 Å². The summed E-state index contributed by atoms with van der Waals surface area (Å²) >= 11 is 0. The molecule has 35 heavy (non-hydrogen) atoms. The van der Waals surface area contributed by atoms with Gasteiger partial charge in [0.15, 0.2) is 0 Å². The minimum absolute atomic E-state index is 0.110. The lowest BCUT2D eigenvalue weighted by molar-refractivity contribution is -0.275. The molecule has 1 aliphatic carbocycles. The van der Waals surface area contributed by atoms with E-state index in [4.69, 9.17) is 0 Å². The molecule has 0 spiro atoms. The summed E-state index contributed by atoms with van der Waals surface area (Å²) in [7, 11) is 0. The fraction of sp³-hybridized carbons (Fsp3) is 0.385. The van der Waals surface area contributed by atoms with Crippen LogP contribution in [-0.4, -0.2) is 28.8 Å². The predicted octanol–water partition coefficient (Wildman–Crippen LogP) is 5.51. The smallest absolute Gasteiger partial charge is 0.509 e. The molecule has 0 radical (unpaired) electrons. The van der Waals surface area contributed by atoms with E-state index in [-0.39, 0.29) is 12.0 Å². The molecule has 2 amide bonds. The van der Waals surface area contributed by atoms with Crippen LogP contribution in [0.25, 0.3) is 0 Å². The molecule has 2 aromatic rings. The van der Waals surface area contributed by atoms with Crippen molar-refractivity contribution < 1.29 is 32.6 Å². The number of nitrogens with one attached hydrogen (secondary N) is 2. The molecule has 1 fully saturated rings. The third-order valence-electron chi connectivity index (χ3n) is 6.59. The van der Waals surface area contributed by atoms with Crippen LogP contribution >= 0.6 is 0 Å². The van der Waals surface area contributed by atoms with Crippen LogP contribution in [0.2, 0.25) is 0 Å². The number of rotatable bonds is 6. The van der Waals surface area contributed by atoms with Crippen molar-refractivity contribution in [2.75, 3.05) is 5.32 Å². The van der Waals surface area contributed by atoms with Crippen LogP contribution < -0.4 is 15.4 Å². The van der Waals surface area contributed by atoms with E-state index in [0.29, 0.717) is 11.6 Å². The fourth-order valence-electron chi connectivity index (χ4n) is 4.82. The number of halogens is 3. The Morgan fingerprint density at radius 1 is 1.11 bits per heavy atom. The predicted molar refractivity (Wildman–Crippen MR) is 124 cm³/mol. The molecule has 2 aromatic carbocycles. The van der Waals surface area contributed by atoms with Gasteiger partial charge in [-0.1, -0.05) is 49.6 Å². The van der Waals surface area contributed by atoms with E-state index in [1.165, 1.54) is 49.9 Å². The third kappa shape index (κ3) is 5.61. The Morgan fingerprint density at radius 2 is 1.77 bits per heavy atom. The molecule has 3 N–H and O–H groups in total. The van der Waals surface area contributed by atoms with E-state index >= 15 is 0 Å². The van der Waals surface area contributed by atoms with Crippen LogP contribution in [0.1, 0.15) is 56.1 Å². The molecule has 0 saturated heterocycles. The molecule has 186 valence electrons. The summed E-state index contributed by atoms with van der Waals surface area (Å²) in [6.07, 6.45) is 0.833. The number of anilines is 1. The highest BCUT2D eigenvalue weighted by atomic mass is 19.4. The highest BCUT2D eigenvalue weighted by molar-refractivity contribution is 6.24. The lowest BCUT2D eigenvalue weighted by Gasteiger charge is -2.26.